The molecular formula is C14H17N3O2S. The molecule has 0 spiro atoms. The van der Waals surface area contributed by atoms with Crippen molar-refractivity contribution in [1.82, 2.24) is 10.2 Å². The van der Waals surface area contributed by atoms with E-state index in [1.165, 1.54) is 23.4 Å². The summed E-state index contributed by atoms with van der Waals surface area (Å²) in [4.78, 5) is 22.7. The number of hydrogen-bond acceptors (Lipinski definition) is 3. The third-order valence-corrected chi connectivity index (χ3v) is 3.77. The fraction of sp³-hybridized carbons (Fsp3) is 0.286. The molecule has 6 heteroatoms. The summed E-state index contributed by atoms with van der Waals surface area (Å²) in [5.41, 5.74) is 2.69. The number of aromatic nitrogens is 2. The van der Waals surface area contributed by atoms with Crippen molar-refractivity contribution in [2.24, 2.45) is 0 Å². The van der Waals surface area contributed by atoms with Crippen LogP contribution in [0, 0.1) is 0 Å². The Hall–Kier alpha value is -1.95. The van der Waals surface area contributed by atoms with Crippen molar-refractivity contribution in [2.75, 3.05) is 11.1 Å². The van der Waals surface area contributed by atoms with Gasteiger partial charge >= 0.3 is 0 Å². The molecule has 0 radical (unpaired) electrons. The molecule has 2 rings (SSSR count). The molecule has 2 aromatic rings. The Bertz CT molecular complexity index is 616. The lowest BCUT2D eigenvalue weighted by atomic mass is 10.1. The number of aromatic amines is 2. The molecule has 1 amide bonds. The van der Waals surface area contributed by atoms with Crippen LogP contribution < -0.4 is 10.9 Å². The normalized spacial score (nSPS) is 10.4. The number of thioether (sulfide) groups is 1. The topological polar surface area (TPSA) is 77.8 Å². The average Bonchev–Trinajstić information content (AvgIpc) is 2.85. The van der Waals surface area contributed by atoms with Crippen LogP contribution in [0.4, 0.5) is 5.69 Å². The number of anilines is 1. The van der Waals surface area contributed by atoms with Crippen molar-refractivity contribution < 1.29 is 4.79 Å². The Kier molecular flexibility index (Phi) is 5.06. The number of carbonyl (C=O) groups excluding carboxylic acids is 1. The summed E-state index contributed by atoms with van der Waals surface area (Å²) in [6.45, 7) is 2.09. The summed E-state index contributed by atoms with van der Waals surface area (Å²) in [7, 11) is 0. The second-order valence-corrected chi connectivity index (χ2v) is 5.36. The highest BCUT2D eigenvalue weighted by Gasteiger charge is 2.04. The van der Waals surface area contributed by atoms with E-state index >= 15 is 0 Å². The van der Waals surface area contributed by atoms with Gasteiger partial charge in [0.15, 0.2) is 0 Å². The maximum absolute atomic E-state index is 11.8. The number of hydrogen-bond donors (Lipinski definition) is 3. The van der Waals surface area contributed by atoms with E-state index in [2.05, 4.69) is 22.4 Å². The monoisotopic (exact) mass is 291 g/mol. The van der Waals surface area contributed by atoms with Gasteiger partial charge < -0.3 is 10.4 Å². The second-order valence-electron chi connectivity index (χ2n) is 4.38. The Morgan fingerprint density at radius 2 is 2.00 bits per heavy atom. The standard InChI is InChI=1S/C14H17N3O2S/c1-2-10-3-5-11(6-4-10)15-14(19)9-20-8-12-7-13(18)17-16-12/h3-7H,2,8-9H2,1H3,(H,15,19)(H2,16,17,18). The molecule has 0 saturated heterocycles. The lowest BCUT2D eigenvalue weighted by Crippen LogP contribution is -2.14. The number of carbonyl (C=O) groups is 1. The van der Waals surface area contributed by atoms with E-state index in [4.69, 9.17) is 0 Å². The Labute approximate surface area is 121 Å². The molecule has 0 aliphatic rings. The first kappa shape index (κ1) is 14.5. The van der Waals surface area contributed by atoms with E-state index in [1.807, 2.05) is 24.3 Å². The van der Waals surface area contributed by atoms with E-state index in [-0.39, 0.29) is 11.5 Å². The molecular weight excluding hydrogens is 274 g/mol. The Balaban J connectivity index is 1.75. The molecule has 0 unspecified atom stereocenters. The molecule has 5 nitrogen and oxygen atoms in total. The molecule has 1 aromatic heterocycles. The van der Waals surface area contributed by atoms with Crippen molar-refractivity contribution in [3.8, 4) is 0 Å². The van der Waals surface area contributed by atoms with Crippen LogP contribution in [0.3, 0.4) is 0 Å². The summed E-state index contributed by atoms with van der Waals surface area (Å²) in [6, 6.07) is 9.32. The van der Waals surface area contributed by atoms with Gasteiger partial charge in [0.1, 0.15) is 0 Å². The maximum atomic E-state index is 11.8. The van der Waals surface area contributed by atoms with Crippen molar-refractivity contribution >= 4 is 23.4 Å². The maximum Gasteiger partial charge on any atom is 0.264 e. The van der Waals surface area contributed by atoms with Gasteiger partial charge in [0.05, 0.1) is 5.75 Å². The van der Waals surface area contributed by atoms with Crippen molar-refractivity contribution in [3.05, 3.63) is 51.9 Å². The van der Waals surface area contributed by atoms with Gasteiger partial charge in [-0.25, -0.2) is 0 Å². The molecule has 0 aliphatic heterocycles. The first-order chi connectivity index (χ1) is 9.67. The number of rotatable bonds is 6. The number of aryl methyl sites for hydroxylation is 1. The van der Waals surface area contributed by atoms with Crippen molar-refractivity contribution in [3.63, 3.8) is 0 Å². The van der Waals surface area contributed by atoms with Crippen LogP contribution in [-0.2, 0) is 17.0 Å². The lowest BCUT2D eigenvalue weighted by molar-refractivity contribution is -0.113. The van der Waals surface area contributed by atoms with Gasteiger partial charge in [-0.05, 0) is 24.1 Å². The molecule has 1 aromatic carbocycles. The molecule has 0 aliphatic carbocycles. The third kappa shape index (κ3) is 4.31. The van der Waals surface area contributed by atoms with Crippen LogP contribution >= 0.6 is 11.8 Å². The average molecular weight is 291 g/mol. The van der Waals surface area contributed by atoms with E-state index in [9.17, 15) is 9.59 Å². The number of H-pyrrole nitrogens is 2. The summed E-state index contributed by atoms with van der Waals surface area (Å²) in [6.07, 6.45) is 0.985. The minimum atomic E-state index is -0.152. The van der Waals surface area contributed by atoms with Crippen LogP contribution in [0.5, 0.6) is 0 Å². The second kappa shape index (κ2) is 7.00. The minimum absolute atomic E-state index is 0.0443. The predicted octanol–water partition coefficient (Wildman–Crippen LogP) is 2.14. The molecule has 0 atom stereocenters. The SMILES string of the molecule is CCc1ccc(NC(=O)CSCc2cc(=O)[nH][nH]2)cc1. The zero-order valence-electron chi connectivity index (χ0n) is 11.2. The van der Waals surface area contributed by atoms with E-state index in [0.717, 1.165) is 17.8 Å². The molecule has 0 fully saturated rings. The van der Waals surface area contributed by atoms with Crippen molar-refractivity contribution in [2.45, 2.75) is 19.1 Å². The molecule has 20 heavy (non-hydrogen) atoms. The van der Waals surface area contributed by atoms with Gasteiger partial charge in [-0.15, -0.1) is 11.8 Å². The van der Waals surface area contributed by atoms with Crippen molar-refractivity contribution in [1.29, 1.82) is 0 Å². The number of amides is 1. The largest absolute Gasteiger partial charge is 0.325 e. The zero-order valence-corrected chi connectivity index (χ0v) is 12.0. The molecule has 0 saturated carbocycles. The van der Waals surface area contributed by atoms with Gasteiger partial charge in [0, 0.05) is 23.2 Å². The van der Waals surface area contributed by atoms with Crippen LogP contribution in [-0.4, -0.2) is 21.9 Å². The molecule has 0 bridgehead atoms. The number of benzene rings is 1. The highest BCUT2D eigenvalue weighted by atomic mass is 32.2. The molecule has 1 heterocycles. The zero-order chi connectivity index (χ0) is 14.4. The van der Waals surface area contributed by atoms with Gasteiger partial charge in [-0.1, -0.05) is 19.1 Å². The highest BCUT2D eigenvalue weighted by molar-refractivity contribution is 7.99. The fourth-order valence-electron chi connectivity index (χ4n) is 1.72. The summed E-state index contributed by atoms with van der Waals surface area (Å²) >= 11 is 1.45. The predicted molar refractivity (Wildman–Crippen MR) is 82.0 cm³/mol. The summed E-state index contributed by atoms with van der Waals surface area (Å²) < 4.78 is 0. The lowest BCUT2D eigenvalue weighted by Gasteiger charge is -2.05. The van der Waals surface area contributed by atoms with Gasteiger partial charge in [-0.3, -0.25) is 14.7 Å². The Morgan fingerprint density at radius 1 is 1.25 bits per heavy atom. The van der Waals surface area contributed by atoms with E-state index in [1.54, 1.807) is 0 Å². The summed E-state index contributed by atoms with van der Waals surface area (Å²) in [5.74, 6) is 0.904. The van der Waals surface area contributed by atoms with E-state index < -0.39 is 0 Å². The highest BCUT2D eigenvalue weighted by Crippen LogP contribution is 2.12. The molecule has 106 valence electrons. The fourth-order valence-corrected chi connectivity index (χ4v) is 2.46. The molecule has 3 N–H and O–H groups in total. The summed E-state index contributed by atoms with van der Waals surface area (Å²) in [5, 5.41) is 8.06. The number of nitrogens with one attached hydrogen (secondary N) is 3. The van der Waals surface area contributed by atoms with Gasteiger partial charge in [0.2, 0.25) is 5.91 Å². The first-order valence-corrected chi connectivity index (χ1v) is 7.56. The quantitative estimate of drug-likeness (QED) is 0.763. The smallest absolute Gasteiger partial charge is 0.264 e. The van der Waals surface area contributed by atoms with Gasteiger partial charge in [0.25, 0.3) is 5.56 Å². The van der Waals surface area contributed by atoms with E-state index in [0.29, 0.717) is 11.5 Å². The van der Waals surface area contributed by atoms with Crippen LogP contribution in [0.2, 0.25) is 0 Å². The van der Waals surface area contributed by atoms with Crippen LogP contribution in [0.25, 0.3) is 0 Å². The third-order valence-electron chi connectivity index (χ3n) is 2.79. The minimum Gasteiger partial charge on any atom is -0.325 e. The van der Waals surface area contributed by atoms with Crippen LogP contribution in [0.15, 0.2) is 35.1 Å². The first-order valence-electron chi connectivity index (χ1n) is 6.40. The Morgan fingerprint density at radius 3 is 2.60 bits per heavy atom. The van der Waals surface area contributed by atoms with Gasteiger partial charge in [-0.2, -0.15) is 0 Å². The van der Waals surface area contributed by atoms with Crippen LogP contribution in [0.1, 0.15) is 18.2 Å².